The van der Waals surface area contributed by atoms with E-state index in [1.54, 1.807) is 16.2 Å². The highest BCUT2D eigenvalue weighted by Crippen LogP contribution is 2.24. The second kappa shape index (κ2) is 5.78. The minimum Gasteiger partial charge on any atom is -0.366 e. The van der Waals surface area contributed by atoms with Crippen molar-refractivity contribution >= 4 is 27.5 Å². The lowest BCUT2D eigenvalue weighted by Crippen LogP contribution is -2.42. The zero-order chi connectivity index (χ0) is 15.8. The lowest BCUT2D eigenvalue weighted by atomic mass is 10.2. The predicted octanol–water partition coefficient (Wildman–Crippen LogP) is 2.12. The Labute approximate surface area is 136 Å². The number of rotatable bonds is 3. The summed E-state index contributed by atoms with van der Waals surface area (Å²) in [6, 6.07) is 3.90. The molecule has 0 aromatic carbocycles. The largest absolute Gasteiger partial charge is 0.366 e. The fourth-order valence-electron chi connectivity index (χ4n) is 2.74. The number of aromatic amines is 2. The lowest BCUT2D eigenvalue weighted by molar-refractivity contribution is -0.0268. The number of fused-ring (bicyclic) bond motifs is 1. The third kappa shape index (κ3) is 2.64. The smallest absolute Gasteiger partial charge is 0.270 e. The number of aryl methyl sites for hydroxylation is 1. The van der Waals surface area contributed by atoms with Crippen LogP contribution < -0.4 is 0 Å². The van der Waals surface area contributed by atoms with E-state index >= 15 is 0 Å². The summed E-state index contributed by atoms with van der Waals surface area (Å²) >= 11 is 1.62. The Balaban J connectivity index is 1.52. The highest BCUT2D eigenvalue weighted by atomic mass is 32.1. The van der Waals surface area contributed by atoms with Gasteiger partial charge in [-0.05, 0) is 17.5 Å². The average Bonchev–Trinajstić information content (AvgIpc) is 3.29. The van der Waals surface area contributed by atoms with E-state index < -0.39 is 0 Å². The maximum absolute atomic E-state index is 12.7. The van der Waals surface area contributed by atoms with Gasteiger partial charge < -0.3 is 14.6 Å². The predicted molar refractivity (Wildman–Crippen MR) is 86.5 cm³/mol. The van der Waals surface area contributed by atoms with Crippen LogP contribution in [0.5, 0.6) is 0 Å². The number of amides is 1. The van der Waals surface area contributed by atoms with E-state index in [-0.39, 0.29) is 12.0 Å². The number of nitrogens with zero attached hydrogens (tertiary/aromatic N) is 3. The number of morpholine rings is 1. The Hall–Kier alpha value is -2.19. The van der Waals surface area contributed by atoms with Crippen LogP contribution in [0.4, 0.5) is 0 Å². The number of carbonyl (C=O) groups excluding carboxylic acids is 1. The standard InChI is InChI=1S/C15H17N5O2S/c1-2-13-17-14(19-18-13)11-8-20(4-5-22-11)15(21)10-7-12-9(16-10)3-6-23-12/h3,6-7,11,16H,2,4-5,8H2,1H3,(H,17,18,19)/t11-/m0/s1. The molecule has 1 fully saturated rings. The molecule has 2 N–H and O–H groups in total. The first-order valence-electron chi connectivity index (χ1n) is 7.63. The van der Waals surface area contributed by atoms with Crippen molar-refractivity contribution in [3.05, 3.63) is 34.9 Å². The second-order valence-electron chi connectivity index (χ2n) is 5.49. The molecule has 1 aliphatic rings. The van der Waals surface area contributed by atoms with Gasteiger partial charge in [-0.2, -0.15) is 5.10 Å². The van der Waals surface area contributed by atoms with Gasteiger partial charge in [0.05, 0.1) is 23.4 Å². The molecule has 0 spiro atoms. The number of thiophene rings is 1. The summed E-state index contributed by atoms with van der Waals surface area (Å²) in [4.78, 5) is 22.1. The van der Waals surface area contributed by atoms with E-state index in [4.69, 9.17) is 4.74 Å². The highest BCUT2D eigenvalue weighted by Gasteiger charge is 2.29. The summed E-state index contributed by atoms with van der Waals surface area (Å²) in [7, 11) is 0. The molecule has 0 saturated carbocycles. The normalized spacial score (nSPS) is 18.7. The van der Waals surface area contributed by atoms with E-state index in [1.165, 1.54) is 0 Å². The van der Waals surface area contributed by atoms with Crippen molar-refractivity contribution in [3.63, 3.8) is 0 Å². The third-order valence-electron chi connectivity index (χ3n) is 4.00. The molecule has 0 unspecified atom stereocenters. The minimum atomic E-state index is -0.277. The number of hydrogen-bond donors (Lipinski definition) is 2. The van der Waals surface area contributed by atoms with Crippen LogP contribution in [0.2, 0.25) is 0 Å². The number of ether oxygens (including phenoxy) is 1. The van der Waals surface area contributed by atoms with Crippen LogP contribution in [-0.2, 0) is 11.2 Å². The van der Waals surface area contributed by atoms with Gasteiger partial charge in [-0.25, -0.2) is 4.98 Å². The monoisotopic (exact) mass is 331 g/mol. The summed E-state index contributed by atoms with van der Waals surface area (Å²) in [5, 5.41) is 9.10. The molecular weight excluding hydrogens is 314 g/mol. The number of H-pyrrole nitrogens is 2. The molecule has 4 heterocycles. The summed E-state index contributed by atoms with van der Waals surface area (Å²) in [5.41, 5.74) is 1.63. The van der Waals surface area contributed by atoms with E-state index in [1.807, 2.05) is 24.4 Å². The van der Waals surface area contributed by atoms with Crippen LogP contribution in [0.3, 0.4) is 0 Å². The van der Waals surface area contributed by atoms with Crippen molar-refractivity contribution in [3.8, 4) is 0 Å². The van der Waals surface area contributed by atoms with Crippen molar-refractivity contribution in [1.29, 1.82) is 0 Å². The molecular formula is C15H17N5O2S. The van der Waals surface area contributed by atoms with Crippen LogP contribution >= 0.6 is 11.3 Å². The van der Waals surface area contributed by atoms with Crippen molar-refractivity contribution in [1.82, 2.24) is 25.1 Å². The molecule has 4 rings (SSSR count). The molecule has 8 heteroatoms. The third-order valence-corrected chi connectivity index (χ3v) is 4.86. The molecule has 1 atom stereocenters. The molecule has 3 aromatic rings. The summed E-state index contributed by atoms with van der Waals surface area (Å²) in [5.74, 6) is 1.44. The first-order chi connectivity index (χ1) is 11.2. The molecule has 1 amide bonds. The fourth-order valence-corrected chi connectivity index (χ4v) is 3.52. The summed E-state index contributed by atoms with van der Waals surface area (Å²) in [6.07, 6.45) is 0.516. The van der Waals surface area contributed by atoms with Gasteiger partial charge in [-0.15, -0.1) is 11.3 Å². The van der Waals surface area contributed by atoms with Gasteiger partial charge in [0.1, 0.15) is 17.6 Å². The Morgan fingerprint density at radius 3 is 3.26 bits per heavy atom. The first kappa shape index (κ1) is 14.4. The second-order valence-corrected chi connectivity index (χ2v) is 6.43. The fraction of sp³-hybridized carbons (Fsp3) is 0.400. The van der Waals surface area contributed by atoms with Gasteiger partial charge in [0.25, 0.3) is 5.91 Å². The molecule has 23 heavy (non-hydrogen) atoms. The van der Waals surface area contributed by atoms with Gasteiger partial charge in [0, 0.05) is 13.0 Å². The van der Waals surface area contributed by atoms with Crippen LogP contribution in [0.15, 0.2) is 17.5 Å². The summed E-state index contributed by atoms with van der Waals surface area (Å²) < 4.78 is 6.83. The number of nitrogens with one attached hydrogen (secondary N) is 2. The highest BCUT2D eigenvalue weighted by molar-refractivity contribution is 7.17. The Morgan fingerprint density at radius 2 is 2.48 bits per heavy atom. The van der Waals surface area contributed by atoms with E-state index in [2.05, 4.69) is 20.2 Å². The van der Waals surface area contributed by atoms with E-state index in [9.17, 15) is 4.79 Å². The number of aromatic nitrogens is 4. The van der Waals surface area contributed by atoms with Crippen LogP contribution in [0.25, 0.3) is 10.2 Å². The Bertz CT molecular complexity index is 807. The zero-order valence-electron chi connectivity index (χ0n) is 12.7. The molecule has 3 aromatic heterocycles. The van der Waals surface area contributed by atoms with Crippen LogP contribution in [-0.4, -0.2) is 50.7 Å². The quantitative estimate of drug-likeness (QED) is 0.769. The molecule has 0 radical (unpaired) electrons. The van der Waals surface area contributed by atoms with Crippen molar-refractivity contribution in [2.75, 3.05) is 19.7 Å². The Kier molecular flexibility index (Phi) is 3.62. The van der Waals surface area contributed by atoms with Crippen LogP contribution in [0.1, 0.15) is 35.2 Å². The molecule has 1 aliphatic heterocycles. The van der Waals surface area contributed by atoms with Crippen molar-refractivity contribution in [2.24, 2.45) is 0 Å². The maximum atomic E-state index is 12.7. The van der Waals surface area contributed by atoms with Gasteiger partial charge in [0.15, 0.2) is 5.82 Å². The van der Waals surface area contributed by atoms with Crippen molar-refractivity contribution < 1.29 is 9.53 Å². The average molecular weight is 331 g/mol. The number of carbonyl (C=O) groups is 1. The van der Waals surface area contributed by atoms with E-state index in [0.717, 1.165) is 22.5 Å². The first-order valence-corrected chi connectivity index (χ1v) is 8.51. The van der Waals surface area contributed by atoms with Gasteiger partial charge in [0.2, 0.25) is 0 Å². The molecule has 1 saturated heterocycles. The Morgan fingerprint density at radius 1 is 1.57 bits per heavy atom. The topological polar surface area (TPSA) is 86.9 Å². The van der Waals surface area contributed by atoms with Gasteiger partial charge in [-0.3, -0.25) is 9.89 Å². The summed E-state index contributed by atoms with van der Waals surface area (Å²) in [6.45, 7) is 3.54. The SMILES string of the molecule is CCc1nc([C@@H]2CN(C(=O)c3cc4sccc4[nH]3)CCO2)n[nH]1. The van der Waals surface area contributed by atoms with Gasteiger partial charge >= 0.3 is 0 Å². The lowest BCUT2D eigenvalue weighted by Gasteiger charge is -2.31. The zero-order valence-corrected chi connectivity index (χ0v) is 13.5. The van der Waals surface area contributed by atoms with Crippen LogP contribution in [0, 0.1) is 0 Å². The van der Waals surface area contributed by atoms with Gasteiger partial charge in [-0.1, -0.05) is 6.92 Å². The van der Waals surface area contributed by atoms with Crippen molar-refractivity contribution in [2.45, 2.75) is 19.4 Å². The van der Waals surface area contributed by atoms with E-state index in [0.29, 0.717) is 31.2 Å². The number of hydrogen-bond acceptors (Lipinski definition) is 5. The minimum absolute atomic E-state index is 0.00653. The maximum Gasteiger partial charge on any atom is 0.270 e. The molecule has 0 bridgehead atoms. The molecule has 7 nitrogen and oxygen atoms in total. The molecule has 0 aliphatic carbocycles. The molecule has 120 valence electrons.